The van der Waals surface area contributed by atoms with Gasteiger partial charge in [-0.15, -0.1) is 0 Å². The quantitative estimate of drug-likeness (QED) is 0.502. The molecule has 0 aromatic heterocycles. The third-order valence-electron chi connectivity index (χ3n) is 2.32. The number of ether oxygens (including phenoxy) is 1. The highest BCUT2D eigenvalue weighted by atomic mass is 16.5. The van der Waals surface area contributed by atoms with E-state index in [4.69, 9.17) is 0 Å². The van der Waals surface area contributed by atoms with Gasteiger partial charge in [-0.2, -0.15) is 0 Å². The predicted molar refractivity (Wildman–Crippen MR) is 74.7 cm³/mol. The number of methoxy groups -OCH3 is 1. The maximum absolute atomic E-state index is 11.6. The van der Waals surface area contributed by atoms with E-state index in [-0.39, 0.29) is 18.3 Å². The van der Waals surface area contributed by atoms with Gasteiger partial charge in [-0.1, -0.05) is 30.4 Å². The number of benzene rings is 1. The molecule has 0 atom stereocenters. The average Bonchev–Trinajstić information content (AvgIpc) is 2.39. The third kappa shape index (κ3) is 5.68. The van der Waals surface area contributed by atoms with Crippen LogP contribution in [0.2, 0.25) is 0 Å². The summed E-state index contributed by atoms with van der Waals surface area (Å²) in [5.74, 6) is -0.523. The van der Waals surface area contributed by atoms with E-state index >= 15 is 0 Å². The van der Waals surface area contributed by atoms with Crippen LogP contribution < -0.4 is 5.32 Å². The lowest BCUT2D eigenvalue weighted by Gasteiger charge is -2.05. The standard InChI is InChI=1S/C15H17NO3/c1-3-4-5-9-14(17)16-13-8-6-7-12(10-13)11-15(18)19-2/h3-10H,11H2,1-2H3,(H,16,17)/b4-3?,9-5+. The van der Waals surface area contributed by atoms with E-state index in [1.165, 1.54) is 13.2 Å². The number of carbonyl (C=O) groups is 2. The molecule has 0 aliphatic carbocycles. The van der Waals surface area contributed by atoms with Crippen molar-refractivity contribution in [3.63, 3.8) is 0 Å². The predicted octanol–water partition coefficient (Wildman–Crippen LogP) is 2.47. The van der Waals surface area contributed by atoms with Gasteiger partial charge >= 0.3 is 5.97 Å². The molecule has 0 spiro atoms. The Kier molecular flexibility index (Phi) is 6.09. The highest BCUT2D eigenvalue weighted by Crippen LogP contribution is 2.11. The van der Waals surface area contributed by atoms with Crippen molar-refractivity contribution in [2.45, 2.75) is 13.3 Å². The molecular weight excluding hydrogens is 242 g/mol. The summed E-state index contributed by atoms with van der Waals surface area (Å²) in [5.41, 5.74) is 1.44. The van der Waals surface area contributed by atoms with Gasteiger partial charge in [0, 0.05) is 11.8 Å². The normalized spacial score (nSPS) is 10.8. The molecule has 0 saturated carbocycles. The highest BCUT2D eigenvalue weighted by molar-refractivity contribution is 5.99. The van der Waals surface area contributed by atoms with Crippen LogP contribution in [-0.4, -0.2) is 19.0 Å². The van der Waals surface area contributed by atoms with Crippen LogP contribution in [0.1, 0.15) is 12.5 Å². The second-order valence-corrected chi connectivity index (χ2v) is 3.83. The molecule has 0 saturated heterocycles. The van der Waals surface area contributed by atoms with Crippen LogP contribution in [0, 0.1) is 0 Å². The van der Waals surface area contributed by atoms with E-state index < -0.39 is 0 Å². The van der Waals surface area contributed by atoms with Crippen molar-refractivity contribution in [3.05, 3.63) is 54.1 Å². The van der Waals surface area contributed by atoms with E-state index in [0.717, 1.165) is 5.56 Å². The molecule has 0 radical (unpaired) electrons. The van der Waals surface area contributed by atoms with Crippen LogP contribution in [-0.2, 0) is 20.7 Å². The Hall–Kier alpha value is -2.36. The first-order chi connectivity index (χ1) is 9.15. The van der Waals surface area contributed by atoms with Crippen LogP contribution in [0.15, 0.2) is 48.6 Å². The molecular formula is C15H17NO3. The van der Waals surface area contributed by atoms with Crippen molar-refractivity contribution in [3.8, 4) is 0 Å². The molecule has 1 rings (SSSR count). The van der Waals surface area contributed by atoms with E-state index in [2.05, 4.69) is 10.1 Å². The second kappa shape index (κ2) is 7.87. The second-order valence-electron chi connectivity index (χ2n) is 3.83. The number of nitrogens with one attached hydrogen (secondary N) is 1. The highest BCUT2D eigenvalue weighted by Gasteiger charge is 2.04. The van der Waals surface area contributed by atoms with Gasteiger partial charge in [0.2, 0.25) is 5.91 Å². The van der Waals surface area contributed by atoms with Crippen molar-refractivity contribution in [1.82, 2.24) is 0 Å². The Bertz CT molecular complexity index is 504. The van der Waals surface area contributed by atoms with Gasteiger partial charge in [-0.3, -0.25) is 9.59 Å². The fourth-order valence-corrected chi connectivity index (χ4v) is 1.44. The lowest BCUT2D eigenvalue weighted by atomic mass is 10.1. The zero-order chi connectivity index (χ0) is 14.1. The number of anilines is 1. The zero-order valence-electron chi connectivity index (χ0n) is 11.1. The first kappa shape index (κ1) is 14.7. The monoisotopic (exact) mass is 259 g/mol. The summed E-state index contributed by atoms with van der Waals surface area (Å²) in [6.07, 6.45) is 6.89. The SMILES string of the molecule is CC=C/C=C/C(=O)Nc1cccc(CC(=O)OC)c1. The summed E-state index contributed by atoms with van der Waals surface area (Å²) in [6, 6.07) is 7.10. The summed E-state index contributed by atoms with van der Waals surface area (Å²) in [5, 5.41) is 2.72. The Balaban J connectivity index is 2.66. The van der Waals surface area contributed by atoms with Gasteiger partial charge in [-0.25, -0.2) is 0 Å². The van der Waals surface area contributed by atoms with Gasteiger partial charge in [0.1, 0.15) is 0 Å². The van der Waals surface area contributed by atoms with E-state index in [0.29, 0.717) is 5.69 Å². The minimum absolute atomic E-state index is 0.189. The van der Waals surface area contributed by atoms with Crippen molar-refractivity contribution in [2.24, 2.45) is 0 Å². The van der Waals surface area contributed by atoms with Crippen LogP contribution in [0.5, 0.6) is 0 Å². The number of carbonyl (C=O) groups excluding carboxylic acids is 2. The molecule has 100 valence electrons. The van der Waals surface area contributed by atoms with Crippen LogP contribution in [0.4, 0.5) is 5.69 Å². The number of hydrogen-bond acceptors (Lipinski definition) is 3. The summed E-state index contributed by atoms with van der Waals surface area (Å²) >= 11 is 0. The summed E-state index contributed by atoms with van der Waals surface area (Å²) < 4.78 is 4.60. The maximum Gasteiger partial charge on any atom is 0.309 e. The molecule has 1 N–H and O–H groups in total. The fourth-order valence-electron chi connectivity index (χ4n) is 1.44. The molecule has 0 fully saturated rings. The third-order valence-corrected chi connectivity index (χ3v) is 2.32. The minimum Gasteiger partial charge on any atom is -0.469 e. The number of allylic oxidation sites excluding steroid dienone is 3. The first-order valence-electron chi connectivity index (χ1n) is 5.92. The fraction of sp³-hybridized carbons (Fsp3) is 0.200. The Morgan fingerprint density at radius 3 is 2.79 bits per heavy atom. The number of hydrogen-bond donors (Lipinski definition) is 1. The molecule has 0 unspecified atom stereocenters. The van der Waals surface area contributed by atoms with E-state index in [9.17, 15) is 9.59 Å². The van der Waals surface area contributed by atoms with Crippen molar-refractivity contribution < 1.29 is 14.3 Å². The Labute approximate surface area is 112 Å². The molecule has 0 heterocycles. The van der Waals surface area contributed by atoms with Gasteiger partial charge in [0.25, 0.3) is 0 Å². The topological polar surface area (TPSA) is 55.4 Å². The molecule has 1 aromatic rings. The van der Waals surface area contributed by atoms with Crippen LogP contribution in [0.25, 0.3) is 0 Å². The molecule has 0 aliphatic heterocycles. The van der Waals surface area contributed by atoms with Crippen molar-refractivity contribution >= 4 is 17.6 Å². The molecule has 0 aliphatic rings. The van der Waals surface area contributed by atoms with Gasteiger partial charge < -0.3 is 10.1 Å². The maximum atomic E-state index is 11.6. The summed E-state index contributed by atoms with van der Waals surface area (Å²) in [6.45, 7) is 1.87. The van der Waals surface area contributed by atoms with E-state index in [1.54, 1.807) is 30.4 Å². The molecule has 4 nitrogen and oxygen atoms in total. The number of amides is 1. The smallest absolute Gasteiger partial charge is 0.309 e. The Morgan fingerprint density at radius 2 is 2.11 bits per heavy atom. The van der Waals surface area contributed by atoms with Crippen LogP contribution >= 0.6 is 0 Å². The summed E-state index contributed by atoms with van der Waals surface area (Å²) in [7, 11) is 1.35. The summed E-state index contributed by atoms with van der Waals surface area (Å²) in [4.78, 5) is 22.7. The van der Waals surface area contributed by atoms with Crippen molar-refractivity contribution in [2.75, 3.05) is 12.4 Å². The Morgan fingerprint density at radius 1 is 1.32 bits per heavy atom. The zero-order valence-corrected chi connectivity index (χ0v) is 11.1. The van der Waals surface area contributed by atoms with Gasteiger partial charge in [0.05, 0.1) is 13.5 Å². The largest absolute Gasteiger partial charge is 0.469 e. The van der Waals surface area contributed by atoms with Crippen molar-refractivity contribution in [1.29, 1.82) is 0 Å². The molecule has 0 bridgehead atoms. The molecule has 1 amide bonds. The minimum atomic E-state index is -0.309. The molecule has 1 aromatic carbocycles. The number of rotatable bonds is 5. The van der Waals surface area contributed by atoms with E-state index in [1.807, 2.05) is 19.1 Å². The number of esters is 1. The first-order valence-corrected chi connectivity index (χ1v) is 5.92. The lowest BCUT2D eigenvalue weighted by molar-refractivity contribution is -0.139. The van der Waals surface area contributed by atoms with Gasteiger partial charge in [-0.05, 0) is 24.6 Å². The molecule has 4 heteroatoms. The van der Waals surface area contributed by atoms with Gasteiger partial charge in [0.15, 0.2) is 0 Å². The average molecular weight is 259 g/mol. The van der Waals surface area contributed by atoms with Crippen LogP contribution in [0.3, 0.4) is 0 Å². The molecule has 19 heavy (non-hydrogen) atoms. The lowest BCUT2D eigenvalue weighted by Crippen LogP contribution is -2.09.